The van der Waals surface area contributed by atoms with Crippen LogP contribution in [0.5, 0.6) is 11.5 Å². The monoisotopic (exact) mass is 440 g/mol. The minimum Gasteiger partial charge on any atom is -0.536 e. The molecule has 0 aliphatic heterocycles. The van der Waals surface area contributed by atoms with Crippen molar-refractivity contribution in [3.8, 4) is 33.8 Å². The molecule has 6 aromatic carbocycles. The number of hydrogen-bond donors (Lipinski definition) is 2. The zero-order valence-electron chi connectivity index (χ0n) is 18.4. The molecule has 3 nitrogen and oxygen atoms in total. The summed E-state index contributed by atoms with van der Waals surface area (Å²) >= 11 is 0. The van der Waals surface area contributed by atoms with Gasteiger partial charge in [0, 0.05) is 11.1 Å². The molecular formula is C30H21BO3. The van der Waals surface area contributed by atoms with Crippen molar-refractivity contribution in [2.24, 2.45) is 0 Å². The van der Waals surface area contributed by atoms with Crippen LogP contribution < -0.4 is 4.65 Å². The highest BCUT2D eigenvalue weighted by molar-refractivity contribution is 6.20. The minimum atomic E-state index is -0.538. The molecule has 0 radical (unpaired) electrons. The number of phenolic OH excluding ortho intramolecular Hbond substituents is 1. The van der Waals surface area contributed by atoms with Gasteiger partial charge < -0.3 is 14.8 Å². The van der Waals surface area contributed by atoms with E-state index in [4.69, 9.17) is 4.65 Å². The van der Waals surface area contributed by atoms with Crippen molar-refractivity contribution in [2.75, 3.05) is 0 Å². The molecule has 0 fully saturated rings. The smallest absolute Gasteiger partial charge is 0.504 e. The van der Waals surface area contributed by atoms with Gasteiger partial charge in [0.25, 0.3) is 0 Å². The van der Waals surface area contributed by atoms with E-state index in [1.165, 1.54) is 0 Å². The van der Waals surface area contributed by atoms with E-state index in [1.807, 2.05) is 60.7 Å². The fraction of sp³-hybridized carbons (Fsp3) is 0. The third-order valence-electron chi connectivity index (χ3n) is 6.43. The molecule has 4 heteroatoms. The summed E-state index contributed by atoms with van der Waals surface area (Å²) in [6.45, 7) is 0. The summed E-state index contributed by atoms with van der Waals surface area (Å²) in [4.78, 5) is 0. The molecule has 0 aromatic heterocycles. The molecule has 6 rings (SSSR count). The first-order valence-electron chi connectivity index (χ1n) is 11.2. The van der Waals surface area contributed by atoms with Gasteiger partial charge in [-0.3, -0.25) is 0 Å². The average molecular weight is 440 g/mol. The Morgan fingerprint density at radius 1 is 0.529 bits per heavy atom. The second-order valence-electron chi connectivity index (χ2n) is 8.37. The maximum atomic E-state index is 11.6. The van der Waals surface area contributed by atoms with Crippen molar-refractivity contribution < 1.29 is 14.8 Å². The third kappa shape index (κ3) is 3.28. The molecule has 0 atom stereocenters. The van der Waals surface area contributed by atoms with Gasteiger partial charge in [-0.15, -0.1) is 0 Å². The van der Waals surface area contributed by atoms with Crippen LogP contribution in [0.25, 0.3) is 54.6 Å². The highest BCUT2D eigenvalue weighted by Gasteiger charge is 2.22. The number of aromatic hydroxyl groups is 1. The summed E-state index contributed by atoms with van der Waals surface area (Å²) in [5, 5.41) is 27.6. The average Bonchev–Trinajstić information content (AvgIpc) is 2.89. The van der Waals surface area contributed by atoms with E-state index in [0.717, 1.165) is 49.0 Å². The van der Waals surface area contributed by atoms with Crippen LogP contribution in [-0.4, -0.2) is 17.8 Å². The van der Waals surface area contributed by atoms with Crippen molar-refractivity contribution in [2.45, 2.75) is 0 Å². The lowest BCUT2D eigenvalue weighted by molar-refractivity contribution is 0.413. The van der Waals surface area contributed by atoms with Crippen molar-refractivity contribution in [3.63, 3.8) is 0 Å². The number of fused-ring (bicyclic) bond motifs is 3. The van der Waals surface area contributed by atoms with Gasteiger partial charge in [-0.25, -0.2) is 0 Å². The van der Waals surface area contributed by atoms with Crippen LogP contribution in [0.4, 0.5) is 0 Å². The van der Waals surface area contributed by atoms with Crippen molar-refractivity contribution in [1.82, 2.24) is 0 Å². The maximum absolute atomic E-state index is 11.6. The Morgan fingerprint density at radius 2 is 1.00 bits per heavy atom. The van der Waals surface area contributed by atoms with Crippen LogP contribution >= 0.6 is 0 Å². The zero-order chi connectivity index (χ0) is 23.1. The van der Waals surface area contributed by atoms with Gasteiger partial charge in [-0.05, 0) is 55.6 Å². The Hall–Kier alpha value is -4.28. The molecule has 6 aromatic rings. The highest BCUT2D eigenvalue weighted by atomic mass is 16.5. The Kier molecular flexibility index (Phi) is 4.94. The SMILES string of the molecule is OBOc1c(O)c(-c2ccc3ccccc3c2)c2ccccc2c1-c1ccc2ccccc2c1. The molecule has 0 heterocycles. The van der Waals surface area contributed by atoms with E-state index in [-0.39, 0.29) is 11.5 Å². The Balaban J connectivity index is 1.69. The fourth-order valence-electron chi connectivity index (χ4n) is 4.87. The molecule has 0 bridgehead atoms. The Labute approximate surface area is 197 Å². The van der Waals surface area contributed by atoms with Crippen molar-refractivity contribution in [3.05, 3.63) is 109 Å². The number of phenols is 1. The molecule has 2 N–H and O–H groups in total. The predicted molar refractivity (Wildman–Crippen MR) is 141 cm³/mol. The summed E-state index contributed by atoms with van der Waals surface area (Å²) < 4.78 is 5.70. The quantitative estimate of drug-likeness (QED) is 0.296. The van der Waals surface area contributed by atoms with E-state index in [0.29, 0.717) is 5.56 Å². The van der Waals surface area contributed by atoms with E-state index >= 15 is 0 Å². The number of benzene rings is 6. The summed E-state index contributed by atoms with van der Waals surface area (Å²) in [5.74, 6) is 0.297. The van der Waals surface area contributed by atoms with E-state index in [1.54, 1.807) is 0 Å². The van der Waals surface area contributed by atoms with E-state index in [9.17, 15) is 10.1 Å². The molecule has 0 amide bonds. The van der Waals surface area contributed by atoms with Crippen molar-refractivity contribution >= 4 is 40.0 Å². The topological polar surface area (TPSA) is 49.7 Å². The zero-order valence-corrected chi connectivity index (χ0v) is 18.4. The van der Waals surface area contributed by atoms with E-state index < -0.39 is 7.69 Å². The molecule has 0 saturated carbocycles. The lowest BCUT2D eigenvalue weighted by Gasteiger charge is -2.20. The summed E-state index contributed by atoms with van der Waals surface area (Å²) in [7, 11) is -0.538. The molecule has 0 unspecified atom stereocenters. The molecular weight excluding hydrogens is 419 g/mol. The van der Waals surface area contributed by atoms with Gasteiger partial charge in [-0.2, -0.15) is 0 Å². The van der Waals surface area contributed by atoms with Crippen LogP contribution in [-0.2, 0) is 0 Å². The van der Waals surface area contributed by atoms with E-state index in [2.05, 4.69) is 48.5 Å². The summed E-state index contributed by atoms with van der Waals surface area (Å²) in [6, 6.07) is 36.7. The lowest BCUT2D eigenvalue weighted by atomic mass is 9.88. The van der Waals surface area contributed by atoms with Crippen LogP contribution in [0, 0.1) is 0 Å². The molecule has 34 heavy (non-hydrogen) atoms. The molecule has 0 aliphatic rings. The molecule has 0 spiro atoms. The second kappa shape index (κ2) is 8.25. The molecule has 0 aliphatic carbocycles. The number of hydrogen-bond acceptors (Lipinski definition) is 3. The first-order valence-corrected chi connectivity index (χ1v) is 11.2. The summed E-state index contributed by atoms with van der Waals surface area (Å²) in [6.07, 6.45) is 0. The highest BCUT2D eigenvalue weighted by Crippen LogP contribution is 2.50. The minimum absolute atomic E-state index is 0.0196. The van der Waals surface area contributed by atoms with Gasteiger partial charge >= 0.3 is 7.69 Å². The lowest BCUT2D eigenvalue weighted by Crippen LogP contribution is -2.03. The molecule has 0 saturated heterocycles. The Morgan fingerprint density at radius 3 is 1.56 bits per heavy atom. The maximum Gasteiger partial charge on any atom is 0.504 e. The number of rotatable bonds is 4. The van der Waals surface area contributed by atoms with Gasteiger partial charge in [0.1, 0.15) is 0 Å². The Bertz CT molecular complexity index is 1690. The van der Waals surface area contributed by atoms with Gasteiger partial charge in [0.2, 0.25) is 0 Å². The normalized spacial score (nSPS) is 11.2. The van der Waals surface area contributed by atoms with Crippen LogP contribution in [0.2, 0.25) is 0 Å². The standard InChI is InChI=1S/C30H21BO3/c32-29-27(23-15-13-19-7-1-3-9-21(19)17-23)25-11-5-6-12-26(25)28(30(29)34-31-33)24-16-14-20-8-2-4-10-22(20)18-24/h1-18,31-33H. The second-order valence-corrected chi connectivity index (χ2v) is 8.37. The first kappa shape index (κ1) is 20.3. The predicted octanol–water partition coefficient (Wildman–Crippen LogP) is 6.82. The van der Waals surface area contributed by atoms with Crippen LogP contribution in [0.3, 0.4) is 0 Å². The van der Waals surface area contributed by atoms with Crippen LogP contribution in [0.15, 0.2) is 109 Å². The largest absolute Gasteiger partial charge is 0.536 e. The fourth-order valence-corrected chi connectivity index (χ4v) is 4.87. The summed E-state index contributed by atoms with van der Waals surface area (Å²) in [5.41, 5.74) is 3.26. The van der Waals surface area contributed by atoms with Gasteiger partial charge in [-0.1, -0.05) is 97.1 Å². The van der Waals surface area contributed by atoms with Crippen LogP contribution in [0.1, 0.15) is 0 Å². The van der Waals surface area contributed by atoms with Gasteiger partial charge in [0.05, 0.1) is 0 Å². The third-order valence-corrected chi connectivity index (χ3v) is 6.43. The van der Waals surface area contributed by atoms with Gasteiger partial charge in [0.15, 0.2) is 11.5 Å². The first-order chi connectivity index (χ1) is 16.7. The molecule has 162 valence electrons. The van der Waals surface area contributed by atoms with Crippen molar-refractivity contribution in [1.29, 1.82) is 0 Å².